The molecule has 0 saturated heterocycles. The monoisotopic (exact) mass is 120 g/mol. The maximum absolute atomic E-state index is 8.46. The Labute approximate surface area is 50.1 Å². The largest absolute Gasteiger partial charge is 0.396 e. The van der Waals surface area contributed by atoms with E-state index in [4.69, 9.17) is 5.11 Å². The summed E-state index contributed by atoms with van der Waals surface area (Å²) in [5, 5.41) is 8.77. The van der Waals surface area contributed by atoms with Crippen molar-refractivity contribution in [1.29, 1.82) is 0 Å². The van der Waals surface area contributed by atoms with Crippen LogP contribution in [0.2, 0.25) is 0 Å². The number of aliphatic hydroxyl groups excluding tert-OH is 1. The van der Waals surface area contributed by atoms with Gasteiger partial charge in [0.05, 0.1) is 0 Å². The first kappa shape index (κ1) is 7.31. The number of aliphatic hydroxyl groups is 1. The van der Waals surface area contributed by atoms with E-state index in [0.717, 1.165) is 0 Å². The lowest BCUT2D eigenvalue weighted by molar-refractivity contribution is 0.238. The Hall–Kier alpha value is 0.310. The lowest BCUT2D eigenvalue weighted by atomic mass is 10.1. The Bertz CT molecular complexity index is 45.3. The van der Waals surface area contributed by atoms with Crippen LogP contribution in [-0.4, -0.2) is 17.0 Å². The van der Waals surface area contributed by atoms with Gasteiger partial charge in [-0.2, -0.15) is 12.6 Å². The van der Waals surface area contributed by atoms with Gasteiger partial charge in [-0.05, 0) is 5.92 Å². The van der Waals surface area contributed by atoms with Crippen molar-refractivity contribution in [1.82, 2.24) is 0 Å². The molecule has 0 aromatic rings. The summed E-state index contributed by atoms with van der Waals surface area (Å²) < 4.78 is 0. The molecule has 1 N–H and O–H groups in total. The standard InChI is InChI=1S/C5H12OS/c1-4(3-6)5(2)7/h4-7H,3H2,1-2H3/t4-,5?/m0/s1. The van der Waals surface area contributed by atoms with Crippen LogP contribution >= 0.6 is 12.6 Å². The highest BCUT2D eigenvalue weighted by Crippen LogP contribution is 2.05. The quantitative estimate of drug-likeness (QED) is 0.519. The molecule has 0 amide bonds. The topological polar surface area (TPSA) is 20.2 Å². The molecule has 0 aliphatic heterocycles. The zero-order chi connectivity index (χ0) is 5.86. The zero-order valence-corrected chi connectivity index (χ0v) is 5.65. The molecule has 0 bridgehead atoms. The summed E-state index contributed by atoms with van der Waals surface area (Å²) in [6, 6.07) is 0. The average Bonchev–Trinajstić information content (AvgIpc) is 1.65. The van der Waals surface area contributed by atoms with E-state index in [9.17, 15) is 0 Å². The van der Waals surface area contributed by atoms with E-state index in [1.807, 2.05) is 13.8 Å². The first-order valence-electron chi connectivity index (χ1n) is 2.47. The van der Waals surface area contributed by atoms with E-state index in [0.29, 0.717) is 11.2 Å². The van der Waals surface area contributed by atoms with Crippen molar-refractivity contribution in [3.05, 3.63) is 0 Å². The van der Waals surface area contributed by atoms with Crippen molar-refractivity contribution in [3.8, 4) is 0 Å². The molecule has 7 heavy (non-hydrogen) atoms. The number of thiol groups is 1. The fraction of sp³-hybridized carbons (Fsp3) is 1.00. The highest BCUT2D eigenvalue weighted by atomic mass is 32.1. The molecule has 2 heteroatoms. The molecule has 0 aliphatic carbocycles. The summed E-state index contributed by atoms with van der Waals surface area (Å²) in [5.74, 6) is 0.323. The van der Waals surface area contributed by atoms with Gasteiger partial charge < -0.3 is 5.11 Å². The number of rotatable bonds is 2. The van der Waals surface area contributed by atoms with Gasteiger partial charge in [0.2, 0.25) is 0 Å². The summed E-state index contributed by atoms with van der Waals surface area (Å²) in [7, 11) is 0. The van der Waals surface area contributed by atoms with Crippen LogP contribution in [0.15, 0.2) is 0 Å². The van der Waals surface area contributed by atoms with E-state index < -0.39 is 0 Å². The molecule has 0 aliphatic rings. The van der Waals surface area contributed by atoms with Gasteiger partial charge in [-0.1, -0.05) is 13.8 Å². The SMILES string of the molecule is CC(S)[C@@H](C)CO. The summed E-state index contributed by atoms with van der Waals surface area (Å²) in [6.07, 6.45) is 0. The normalized spacial score (nSPS) is 18.9. The van der Waals surface area contributed by atoms with Crippen LogP contribution < -0.4 is 0 Å². The maximum Gasteiger partial charge on any atom is 0.0467 e. The van der Waals surface area contributed by atoms with Crippen molar-refractivity contribution in [2.45, 2.75) is 19.1 Å². The van der Waals surface area contributed by atoms with E-state index in [2.05, 4.69) is 12.6 Å². The van der Waals surface area contributed by atoms with Gasteiger partial charge in [0.25, 0.3) is 0 Å². The summed E-state index contributed by atoms with van der Waals surface area (Å²) >= 11 is 4.11. The van der Waals surface area contributed by atoms with Crippen LogP contribution in [0.5, 0.6) is 0 Å². The van der Waals surface area contributed by atoms with E-state index in [-0.39, 0.29) is 6.61 Å². The highest BCUT2D eigenvalue weighted by molar-refractivity contribution is 7.80. The lowest BCUT2D eigenvalue weighted by Crippen LogP contribution is -2.10. The van der Waals surface area contributed by atoms with Gasteiger partial charge in [0, 0.05) is 11.9 Å². The van der Waals surface area contributed by atoms with E-state index in [1.54, 1.807) is 0 Å². The Balaban J connectivity index is 3.14. The van der Waals surface area contributed by atoms with Gasteiger partial charge in [0.1, 0.15) is 0 Å². The molecule has 1 unspecified atom stereocenters. The predicted molar refractivity (Wildman–Crippen MR) is 34.7 cm³/mol. The summed E-state index contributed by atoms with van der Waals surface area (Å²) in [6.45, 7) is 4.19. The Morgan fingerprint density at radius 3 is 2.00 bits per heavy atom. The second-order valence-corrected chi connectivity index (χ2v) is 2.72. The molecule has 0 heterocycles. The third-order valence-corrected chi connectivity index (χ3v) is 1.62. The Morgan fingerprint density at radius 2 is 2.00 bits per heavy atom. The van der Waals surface area contributed by atoms with Crippen LogP contribution in [0.1, 0.15) is 13.8 Å². The number of hydrogen-bond acceptors (Lipinski definition) is 2. The fourth-order valence-corrected chi connectivity index (χ4v) is 0.247. The first-order valence-corrected chi connectivity index (χ1v) is 2.99. The minimum absolute atomic E-state index is 0.241. The molecule has 0 spiro atoms. The molecule has 0 fully saturated rings. The smallest absolute Gasteiger partial charge is 0.0467 e. The minimum atomic E-state index is 0.241. The van der Waals surface area contributed by atoms with Crippen molar-refractivity contribution >= 4 is 12.6 Å². The van der Waals surface area contributed by atoms with Crippen LogP contribution in [-0.2, 0) is 0 Å². The lowest BCUT2D eigenvalue weighted by Gasteiger charge is -2.08. The minimum Gasteiger partial charge on any atom is -0.396 e. The molecule has 0 rings (SSSR count). The average molecular weight is 120 g/mol. The van der Waals surface area contributed by atoms with Crippen molar-refractivity contribution < 1.29 is 5.11 Å². The second kappa shape index (κ2) is 3.33. The summed E-state index contributed by atoms with van der Waals surface area (Å²) in [4.78, 5) is 0. The van der Waals surface area contributed by atoms with E-state index >= 15 is 0 Å². The van der Waals surface area contributed by atoms with Crippen LogP contribution in [0.3, 0.4) is 0 Å². The molecule has 0 saturated carbocycles. The van der Waals surface area contributed by atoms with Crippen molar-refractivity contribution in [3.63, 3.8) is 0 Å². The third kappa shape index (κ3) is 2.94. The zero-order valence-electron chi connectivity index (χ0n) is 4.76. The van der Waals surface area contributed by atoms with Gasteiger partial charge in [-0.15, -0.1) is 0 Å². The Kier molecular flexibility index (Phi) is 3.48. The molecular formula is C5H12OS. The number of hydrogen-bond donors (Lipinski definition) is 2. The van der Waals surface area contributed by atoms with Crippen molar-refractivity contribution in [2.24, 2.45) is 5.92 Å². The molecule has 1 nitrogen and oxygen atoms in total. The highest BCUT2D eigenvalue weighted by Gasteiger charge is 2.03. The fourth-order valence-electron chi connectivity index (χ4n) is 0.153. The van der Waals surface area contributed by atoms with Gasteiger partial charge in [0.15, 0.2) is 0 Å². The van der Waals surface area contributed by atoms with Crippen LogP contribution in [0.4, 0.5) is 0 Å². The van der Waals surface area contributed by atoms with Gasteiger partial charge >= 0.3 is 0 Å². The molecule has 0 radical (unpaired) electrons. The molecular weight excluding hydrogens is 108 g/mol. The van der Waals surface area contributed by atoms with E-state index in [1.165, 1.54) is 0 Å². The van der Waals surface area contributed by atoms with Crippen LogP contribution in [0, 0.1) is 5.92 Å². The third-order valence-electron chi connectivity index (χ3n) is 1.11. The molecule has 0 aromatic heterocycles. The summed E-state index contributed by atoms with van der Waals surface area (Å²) in [5.41, 5.74) is 0. The van der Waals surface area contributed by atoms with Crippen LogP contribution in [0.25, 0.3) is 0 Å². The Morgan fingerprint density at radius 1 is 1.57 bits per heavy atom. The molecule has 2 atom stereocenters. The maximum atomic E-state index is 8.46. The molecule has 44 valence electrons. The van der Waals surface area contributed by atoms with Gasteiger partial charge in [-0.25, -0.2) is 0 Å². The first-order chi connectivity index (χ1) is 3.18. The predicted octanol–water partition coefficient (Wildman–Crippen LogP) is 0.933. The second-order valence-electron chi connectivity index (χ2n) is 1.90. The van der Waals surface area contributed by atoms with Crippen molar-refractivity contribution in [2.75, 3.05) is 6.61 Å². The van der Waals surface area contributed by atoms with Gasteiger partial charge in [-0.3, -0.25) is 0 Å². The molecule has 0 aromatic carbocycles.